The van der Waals surface area contributed by atoms with Crippen LogP contribution in [0.5, 0.6) is 0 Å². The summed E-state index contributed by atoms with van der Waals surface area (Å²) in [6, 6.07) is 0.193. The quantitative estimate of drug-likeness (QED) is 0.708. The molecular weight excluding hydrogens is 270 g/mol. The molecule has 0 spiro atoms. The van der Waals surface area contributed by atoms with E-state index in [-0.39, 0.29) is 6.04 Å². The standard InChI is InChI=1S/C16H31NO4/c1-13-6-5-7-16(10-13,15(18)19)12-17(8-9-20-3)14(2)11-21-4/h13-14H,5-12H2,1-4H3,(H,18,19). The second-order valence-electron chi connectivity index (χ2n) is 6.55. The number of carboxylic acids is 1. The summed E-state index contributed by atoms with van der Waals surface area (Å²) in [6.45, 7) is 6.79. The van der Waals surface area contributed by atoms with Gasteiger partial charge in [0.2, 0.25) is 0 Å². The Balaban J connectivity index is 2.82. The highest BCUT2D eigenvalue weighted by atomic mass is 16.5. The van der Waals surface area contributed by atoms with Crippen LogP contribution in [0, 0.1) is 11.3 Å². The van der Waals surface area contributed by atoms with E-state index in [0.717, 1.165) is 32.2 Å². The van der Waals surface area contributed by atoms with Crippen molar-refractivity contribution in [2.24, 2.45) is 11.3 Å². The molecule has 1 aliphatic rings. The van der Waals surface area contributed by atoms with Crippen LogP contribution in [0.4, 0.5) is 0 Å². The highest BCUT2D eigenvalue weighted by molar-refractivity contribution is 5.75. The van der Waals surface area contributed by atoms with E-state index in [1.165, 1.54) is 0 Å². The predicted octanol–water partition coefficient (Wildman–Crippen LogP) is 2.25. The van der Waals surface area contributed by atoms with Gasteiger partial charge >= 0.3 is 5.97 Å². The van der Waals surface area contributed by atoms with E-state index in [4.69, 9.17) is 9.47 Å². The number of nitrogens with zero attached hydrogens (tertiary/aromatic N) is 1. The molecule has 3 unspecified atom stereocenters. The molecule has 1 aliphatic carbocycles. The van der Waals surface area contributed by atoms with Gasteiger partial charge in [-0.1, -0.05) is 19.8 Å². The first-order chi connectivity index (χ1) is 9.95. The van der Waals surface area contributed by atoms with Crippen LogP contribution in [-0.4, -0.2) is 62.5 Å². The molecule has 1 saturated carbocycles. The first-order valence-corrected chi connectivity index (χ1v) is 7.90. The first-order valence-electron chi connectivity index (χ1n) is 7.90. The average molecular weight is 301 g/mol. The number of rotatable bonds is 9. The topological polar surface area (TPSA) is 59.0 Å². The van der Waals surface area contributed by atoms with Crippen molar-refractivity contribution >= 4 is 5.97 Å². The molecule has 0 amide bonds. The number of aliphatic carboxylic acids is 1. The zero-order chi connectivity index (χ0) is 15.9. The Morgan fingerprint density at radius 2 is 2.14 bits per heavy atom. The summed E-state index contributed by atoms with van der Waals surface area (Å²) in [6.07, 6.45) is 3.69. The van der Waals surface area contributed by atoms with Crippen molar-refractivity contribution < 1.29 is 19.4 Å². The molecule has 0 aliphatic heterocycles. The second-order valence-corrected chi connectivity index (χ2v) is 6.55. The third kappa shape index (κ3) is 5.24. The molecule has 0 radical (unpaired) electrons. The summed E-state index contributed by atoms with van der Waals surface area (Å²) in [5, 5.41) is 9.80. The van der Waals surface area contributed by atoms with Gasteiger partial charge in [-0.2, -0.15) is 0 Å². The molecule has 0 aromatic heterocycles. The number of carbonyl (C=O) groups is 1. The minimum Gasteiger partial charge on any atom is -0.481 e. The lowest BCUT2D eigenvalue weighted by atomic mass is 9.69. The molecule has 0 aromatic rings. The molecule has 0 saturated heterocycles. The lowest BCUT2D eigenvalue weighted by Gasteiger charge is -2.41. The minimum atomic E-state index is -0.652. The van der Waals surface area contributed by atoms with Gasteiger partial charge in [0.05, 0.1) is 18.6 Å². The Bertz CT molecular complexity index is 323. The van der Waals surface area contributed by atoms with Crippen molar-refractivity contribution in [1.29, 1.82) is 0 Å². The van der Waals surface area contributed by atoms with Crippen LogP contribution in [0.15, 0.2) is 0 Å². The highest BCUT2D eigenvalue weighted by Gasteiger charge is 2.43. The van der Waals surface area contributed by atoms with Crippen molar-refractivity contribution in [1.82, 2.24) is 4.90 Å². The van der Waals surface area contributed by atoms with E-state index in [0.29, 0.717) is 25.7 Å². The third-order valence-electron chi connectivity index (χ3n) is 4.66. The van der Waals surface area contributed by atoms with Gasteiger partial charge in [0.1, 0.15) is 0 Å². The van der Waals surface area contributed by atoms with Crippen LogP contribution in [0.1, 0.15) is 39.5 Å². The van der Waals surface area contributed by atoms with Gasteiger partial charge in [-0.15, -0.1) is 0 Å². The van der Waals surface area contributed by atoms with Crippen molar-refractivity contribution in [2.45, 2.75) is 45.6 Å². The lowest BCUT2D eigenvalue weighted by Crippen LogP contribution is -2.50. The number of methoxy groups -OCH3 is 2. The zero-order valence-corrected chi connectivity index (χ0v) is 13.9. The van der Waals surface area contributed by atoms with E-state index in [1.54, 1.807) is 14.2 Å². The van der Waals surface area contributed by atoms with E-state index in [1.807, 2.05) is 0 Å². The average Bonchev–Trinajstić information content (AvgIpc) is 2.43. The Hall–Kier alpha value is -0.650. The summed E-state index contributed by atoms with van der Waals surface area (Å²) in [4.78, 5) is 14.1. The fourth-order valence-electron chi connectivity index (χ4n) is 3.46. The molecule has 124 valence electrons. The predicted molar refractivity (Wildman–Crippen MR) is 82.5 cm³/mol. The molecule has 21 heavy (non-hydrogen) atoms. The van der Waals surface area contributed by atoms with Gasteiger partial charge < -0.3 is 14.6 Å². The summed E-state index contributed by atoms with van der Waals surface area (Å²) in [5.41, 5.74) is -0.618. The Kier molecular flexibility index (Phi) is 7.63. The van der Waals surface area contributed by atoms with Crippen LogP contribution in [0.3, 0.4) is 0 Å². The third-order valence-corrected chi connectivity index (χ3v) is 4.66. The van der Waals surface area contributed by atoms with E-state index >= 15 is 0 Å². The highest BCUT2D eigenvalue weighted by Crippen LogP contribution is 2.40. The maximum absolute atomic E-state index is 11.9. The van der Waals surface area contributed by atoms with Crippen molar-refractivity contribution in [3.63, 3.8) is 0 Å². The Morgan fingerprint density at radius 1 is 1.43 bits per heavy atom. The van der Waals surface area contributed by atoms with Gasteiger partial charge in [0.15, 0.2) is 0 Å². The van der Waals surface area contributed by atoms with Crippen LogP contribution in [0.25, 0.3) is 0 Å². The van der Waals surface area contributed by atoms with Crippen molar-refractivity contribution in [3.05, 3.63) is 0 Å². The van der Waals surface area contributed by atoms with Crippen LogP contribution < -0.4 is 0 Å². The van der Waals surface area contributed by atoms with Crippen molar-refractivity contribution in [3.8, 4) is 0 Å². The molecule has 5 heteroatoms. The van der Waals surface area contributed by atoms with Gasteiger partial charge in [-0.3, -0.25) is 9.69 Å². The van der Waals surface area contributed by atoms with Gasteiger partial charge in [0.25, 0.3) is 0 Å². The van der Waals surface area contributed by atoms with Crippen LogP contribution in [0.2, 0.25) is 0 Å². The summed E-state index contributed by atoms with van der Waals surface area (Å²) in [7, 11) is 3.36. The van der Waals surface area contributed by atoms with Crippen molar-refractivity contribution in [2.75, 3.05) is 40.5 Å². The zero-order valence-electron chi connectivity index (χ0n) is 13.9. The first kappa shape index (κ1) is 18.4. The van der Waals surface area contributed by atoms with E-state index in [2.05, 4.69) is 18.7 Å². The number of hydrogen-bond acceptors (Lipinski definition) is 4. The normalized spacial score (nSPS) is 27.8. The second kappa shape index (κ2) is 8.71. The lowest BCUT2D eigenvalue weighted by molar-refractivity contribution is -0.154. The fourth-order valence-corrected chi connectivity index (χ4v) is 3.46. The molecule has 5 nitrogen and oxygen atoms in total. The molecule has 1 rings (SSSR count). The van der Waals surface area contributed by atoms with Crippen LogP contribution >= 0.6 is 0 Å². The Morgan fingerprint density at radius 3 is 2.67 bits per heavy atom. The molecule has 0 aromatic carbocycles. The number of hydrogen-bond donors (Lipinski definition) is 1. The molecular formula is C16H31NO4. The summed E-state index contributed by atoms with van der Waals surface area (Å²) < 4.78 is 10.4. The number of carboxylic acid groups (broad SMARTS) is 1. The van der Waals surface area contributed by atoms with E-state index in [9.17, 15) is 9.90 Å². The largest absolute Gasteiger partial charge is 0.481 e. The molecule has 0 bridgehead atoms. The molecule has 1 fully saturated rings. The monoisotopic (exact) mass is 301 g/mol. The molecule has 0 heterocycles. The van der Waals surface area contributed by atoms with Crippen LogP contribution in [-0.2, 0) is 14.3 Å². The molecule has 3 atom stereocenters. The van der Waals surface area contributed by atoms with Gasteiger partial charge in [-0.05, 0) is 25.7 Å². The van der Waals surface area contributed by atoms with Gasteiger partial charge in [-0.25, -0.2) is 0 Å². The summed E-state index contributed by atoms with van der Waals surface area (Å²) >= 11 is 0. The Labute approximate surface area is 128 Å². The number of ether oxygens (including phenoxy) is 2. The maximum Gasteiger partial charge on any atom is 0.310 e. The smallest absolute Gasteiger partial charge is 0.310 e. The SMILES string of the molecule is COCCN(CC1(C(=O)O)CCCC(C)C1)C(C)COC. The van der Waals surface area contributed by atoms with Gasteiger partial charge in [0, 0.05) is 33.4 Å². The molecule has 1 N–H and O–H groups in total. The maximum atomic E-state index is 11.9. The summed E-state index contributed by atoms with van der Waals surface area (Å²) in [5.74, 6) is -0.169. The van der Waals surface area contributed by atoms with E-state index < -0.39 is 11.4 Å². The minimum absolute atomic E-state index is 0.193. The fraction of sp³-hybridized carbons (Fsp3) is 0.938.